The van der Waals surface area contributed by atoms with E-state index in [1.807, 2.05) is 31.2 Å². The van der Waals surface area contributed by atoms with Crippen LogP contribution in [0.5, 0.6) is 0 Å². The molecule has 2 N–H and O–H groups in total. The number of esters is 1. The van der Waals surface area contributed by atoms with Gasteiger partial charge in [-0.15, -0.1) is 11.3 Å². The maximum Gasteiger partial charge on any atom is 0.341 e. The van der Waals surface area contributed by atoms with E-state index in [0.29, 0.717) is 28.9 Å². The Morgan fingerprint density at radius 2 is 2.04 bits per heavy atom. The van der Waals surface area contributed by atoms with Crippen LogP contribution in [0.2, 0.25) is 5.02 Å². The van der Waals surface area contributed by atoms with Gasteiger partial charge in [0.2, 0.25) is 0 Å². The molecule has 150 valence electrons. The monoisotopic (exact) mass is 436 g/mol. The van der Waals surface area contributed by atoms with Crippen molar-refractivity contribution in [2.75, 3.05) is 11.9 Å². The summed E-state index contributed by atoms with van der Waals surface area (Å²) in [7, 11) is 0. The number of fused-ring (bicyclic) bond motifs is 1. The molecule has 0 radical (unpaired) electrons. The van der Waals surface area contributed by atoms with Crippen LogP contribution >= 0.6 is 35.2 Å². The van der Waals surface area contributed by atoms with E-state index in [4.69, 9.17) is 28.6 Å². The molecular formula is C21H25ClN2O2S2. The number of ether oxygens (including phenoxy) is 1. The highest BCUT2D eigenvalue weighted by atomic mass is 35.5. The summed E-state index contributed by atoms with van der Waals surface area (Å²) in [6.45, 7) is 2.75. The number of thiophene rings is 1. The van der Waals surface area contributed by atoms with Crippen molar-refractivity contribution >= 4 is 51.2 Å². The van der Waals surface area contributed by atoms with Gasteiger partial charge in [0.05, 0.1) is 12.2 Å². The van der Waals surface area contributed by atoms with E-state index in [-0.39, 0.29) is 5.97 Å². The number of benzene rings is 1. The second-order valence-corrected chi connectivity index (χ2v) is 8.73. The van der Waals surface area contributed by atoms with E-state index in [9.17, 15) is 4.79 Å². The number of hydrogen-bond acceptors (Lipinski definition) is 4. The summed E-state index contributed by atoms with van der Waals surface area (Å²) < 4.78 is 5.34. The molecule has 0 atom stereocenters. The summed E-state index contributed by atoms with van der Waals surface area (Å²) >= 11 is 13.1. The van der Waals surface area contributed by atoms with E-state index in [1.54, 1.807) is 11.3 Å². The van der Waals surface area contributed by atoms with E-state index < -0.39 is 0 Å². The van der Waals surface area contributed by atoms with Crippen molar-refractivity contribution in [1.29, 1.82) is 0 Å². The van der Waals surface area contributed by atoms with E-state index in [2.05, 4.69) is 10.6 Å². The third-order valence-electron chi connectivity index (χ3n) is 4.72. The van der Waals surface area contributed by atoms with Gasteiger partial charge in [-0.05, 0) is 68.1 Å². The Balaban J connectivity index is 1.76. The van der Waals surface area contributed by atoms with Crippen LogP contribution in [0.25, 0.3) is 0 Å². The molecule has 1 aliphatic carbocycles. The topological polar surface area (TPSA) is 50.4 Å². The van der Waals surface area contributed by atoms with Gasteiger partial charge in [-0.1, -0.05) is 36.6 Å². The highest BCUT2D eigenvalue weighted by Crippen LogP contribution is 2.37. The van der Waals surface area contributed by atoms with Gasteiger partial charge in [0.25, 0.3) is 0 Å². The van der Waals surface area contributed by atoms with Crippen molar-refractivity contribution in [3.05, 3.63) is 50.9 Å². The first kappa shape index (κ1) is 21.1. The molecule has 0 spiro atoms. The quantitative estimate of drug-likeness (QED) is 0.463. The van der Waals surface area contributed by atoms with Crippen LogP contribution in [-0.2, 0) is 24.1 Å². The van der Waals surface area contributed by atoms with Gasteiger partial charge in [0, 0.05) is 16.4 Å². The zero-order valence-electron chi connectivity index (χ0n) is 16.0. The Bertz CT molecular complexity index is 851. The maximum atomic E-state index is 12.7. The molecule has 1 aromatic carbocycles. The van der Waals surface area contributed by atoms with Crippen molar-refractivity contribution in [1.82, 2.24) is 5.32 Å². The standard InChI is InChI=1S/C21H25ClN2O2S2/c1-2-26-20(25)18-16-10-5-3-4-6-11-17(16)28-19(18)24-21(27)23-13-14-8-7-9-15(22)12-14/h7-9,12H,2-6,10-11,13H2,1H3,(H2,23,24,27). The third kappa shape index (κ3) is 5.46. The molecule has 0 bridgehead atoms. The predicted octanol–water partition coefficient (Wildman–Crippen LogP) is 5.72. The van der Waals surface area contributed by atoms with Crippen molar-refractivity contribution in [3.63, 3.8) is 0 Å². The van der Waals surface area contributed by atoms with Crippen molar-refractivity contribution in [3.8, 4) is 0 Å². The smallest absolute Gasteiger partial charge is 0.341 e. The number of hydrogen-bond donors (Lipinski definition) is 2. The van der Waals surface area contributed by atoms with Gasteiger partial charge in [-0.3, -0.25) is 0 Å². The normalized spacial score (nSPS) is 13.8. The molecule has 0 saturated carbocycles. The molecule has 1 aromatic heterocycles. The number of carbonyl (C=O) groups excluding carboxylic acids is 1. The predicted molar refractivity (Wildman–Crippen MR) is 121 cm³/mol. The van der Waals surface area contributed by atoms with Gasteiger partial charge in [-0.2, -0.15) is 0 Å². The van der Waals surface area contributed by atoms with Crippen LogP contribution in [0.15, 0.2) is 24.3 Å². The Labute approximate surface area is 180 Å². The first-order chi connectivity index (χ1) is 13.6. The lowest BCUT2D eigenvalue weighted by molar-refractivity contribution is 0.0526. The minimum atomic E-state index is -0.263. The molecule has 1 heterocycles. The van der Waals surface area contributed by atoms with Crippen LogP contribution in [0.1, 0.15) is 59.0 Å². The van der Waals surface area contributed by atoms with Gasteiger partial charge < -0.3 is 15.4 Å². The van der Waals surface area contributed by atoms with Crippen LogP contribution in [-0.4, -0.2) is 17.7 Å². The summed E-state index contributed by atoms with van der Waals surface area (Å²) in [5, 5.41) is 8.40. The fourth-order valence-corrected chi connectivity index (χ4v) is 5.14. The van der Waals surface area contributed by atoms with Crippen molar-refractivity contribution < 1.29 is 9.53 Å². The van der Waals surface area contributed by atoms with Gasteiger partial charge in [0.15, 0.2) is 5.11 Å². The fraction of sp³-hybridized carbons (Fsp3) is 0.429. The van der Waals surface area contributed by atoms with Crippen LogP contribution in [0.4, 0.5) is 5.00 Å². The van der Waals surface area contributed by atoms with Crippen molar-refractivity contribution in [2.45, 2.75) is 52.0 Å². The number of anilines is 1. The lowest BCUT2D eigenvalue weighted by Crippen LogP contribution is -2.28. The number of halogens is 1. The van der Waals surface area contributed by atoms with Crippen molar-refractivity contribution in [2.24, 2.45) is 0 Å². The number of aryl methyl sites for hydroxylation is 1. The molecular weight excluding hydrogens is 412 g/mol. The van der Waals surface area contributed by atoms with Crippen LogP contribution in [0, 0.1) is 0 Å². The molecule has 2 aromatic rings. The molecule has 0 amide bonds. The lowest BCUT2D eigenvalue weighted by Gasteiger charge is -2.13. The molecule has 0 fully saturated rings. The molecule has 0 aliphatic heterocycles. The Morgan fingerprint density at radius 1 is 1.25 bits per heavy atom. The minimum Gasteiger partial charge on any atom is -0.462 e. The fourth-order valence-electron chi connectivity index (χ4n) is 3.40. The number of nitrogens with one attached hydrogen (secondary N) is 2. The number of carbonyl (C=O) groups is 1. The summed E-state index contributed by atoms with van der Waals surface area (Å²) in [5.74, 6) is -0.263. The second-order valence-electron chi connectivity index (χ2n) is 6.78. The maximum absolute atomic E-state index is 12.7. The molecule has 3 rings (SSSR count). The molecule has 28 heavy (non-hydrogen) atoms. The molecule has 0 unspecified atom stereocenters. The Hall–Kier alpha value is -1.63. The first-order valence-electron chi connectivity index (χ1n) is 9.69. The van der Waals surface area contributed by atoms with Crippen LogP contribution in [0.3, 0.4) is 0 Å². The summed E-state index contributed by atoms with van der Waals surface area (Å²) in [6, 6.07) is 7.64. The van der Waals surface area contributed by atoms with Gasteiger partial charge in [-0.25, -0.2) is 4.79 Å². The Morgan fingerprint density at radius 3 is 2.79 bits per heavy atom. The SMILES string of the molecule is CCOC(=O)c1c(NC(=S)NCc2cccc(Cl)c2)sc2c1CCCCCC2. The molecule has 7 heteroatoms. The number of rotatable bonds is 5. The lowest BCUT2D eigenvalue weighted by atomic mass is 9.96. The average molecular weight is 437 g/mol. The summed E-state index contributed by atoms with van der Waals surface area (Å²) in [4.78, 5) is 13.9. The largest absolute Gasteiger partial charge is 0.462 e. The Kier molecular flexibility index (Phi) is 7.71. The van der Waals surface area contributed by atoms with Crippen LogP contribution < -0.4 is 10.6 Å². The number of thiocarbonyl (C=S) groups is 1. The van der Waals surface area contributed by atoms with Gasteiger partial charge >= 0.3 is 5.97 Å². The molecule has 1 aliphatic rings. The molecule has 0 saturated heterocycles. The van der Waals surface area contributed by atoms with E-state index >= 15 is 0 Å². The zero-order chi connectivity index (χ0) is 19.9. The minimum absolute atomic E-state index is 0.263. The van der Waals surface area contributed by atoms with Gasteiger partial charge in [0.1, 0.15) is 5.00 Å². The average Bonchev–Trinajstić information content (AvgIpc) is 2.96. The first-order valence-corrected chi connectivity index (χ1v) is 11.3. The summed E-state index contributed by atoms with van der Waals surface area (Å²) in [6.07, 6.45) is 6.65. The third-order valence-corrected chi connectivity index (χ3v) is 6.41. The highest BCUT2D eigenvalue weighted by Gasteiger charge is 2.25. The van der Waals surface area contributed by atoms with E-state index in [0.717, 1.165) is 41.8 Å². The summed E-state index contributed by atoms with van der Waals surface area (Å²) in [5.41, 5.74) is 2.85. The highest BCUT2D eigenvalue weighted by molar-refractivity contribution is 7.80. The zero-order valence-corrected chi connectivity index (χ0v) is 18.4. The van der Waals surface area contributed by atoms with E-state index in [1.165, 1.54) is 17.7 Å². The molecule has 4 nitrogen and oxygen atoms in total. The second kappa shape index (κ2) is 10.2.